The largest absolute Gasteiger partial charge is 0.364 e. The Labute approximate surface area is 117 Å². The first-order valence-corrected chi connectivity index (χ1v) is 6.34. The Bertz CT molecular complexity index is 692. The molecule has 2 aromatic heterocycles. The molecule has 20 heavy (non-hydrogen) atoms. The Hall–Kier alpha value is -2.43. The van der Waals surface area contributed by atoms with Crippen LogP contribution in [0.25, 0.3) is 0 Å². The molecule has 2 rings (SSSR count). The number of hydrogen-bond acceptors (Lipinski definition) is 3. The van der Waals surface area contributed by atoms with Crippen molar-refractivity contribution >= 4 is 5.91 Å². The average molecular weight is 271 g/mol. The Morgan fingerprint density at radius 2 is 2.10 bits per heavy atom. The summed E-state index contributed by atoms with van der Waals surface area (Å²) < 4.78 is 0. The normalized spacial score (nSPS) is 10.3. The summed E-state index contributed by atoms with van der Waals surface area (Å²) in [6, 6.07) is 7.08. The second kappa shape index (κ2) is 5.69. The molecule has 2 aromatic rings. The molecule has 0 radical (unpaired) electrons. The van der Waals surface area contributed by atoms with E-state index in [0.717, 1.165) is 17.1 Å². The Morgan fingerprint density at radius 3 is 2.75 bits per heavy atom. The van der Waals surface area contributed by atoms with E-state index < -0.39 is 0 Å². The number of aryl methyl sites for hydroxylation is 2. The number of rotatable bonds is 3. The van der Waals surface area contributed by atoms with Crippen molar-refractivity contribution in [1.82, 2.24) is 14.9 Å². The molecule has 0 aliphatic carbocycles. The standard InChI is InChI=1S/C15H17N3O2/c1-10-5-4-6-12(17-10)9-18(3)15(20)13-8-16-11(2)7-14(13)19/h4-8H,9H2,1-3H3,(H,16,19). The van der Waals surface area contributed by atoms with Crippen LogP contribution in [-0.2, 0) is 6.54 Å². The fraction of sp³-hybridized carbons (Fsp3) is 0.267. The average Bonchev–Trinajstić information content (AvgIpc) is 2.38. The zero-order valence-corrected chi connectivity index (χ0v) is 11.8. The third kappa shape index (κ3) is 3.12. The maximum Gasteiger partial charge on any atom is 0.259 e. The maximum atomic E-state index is 12.2. The van der Waals surface area contributed by atoms with Crippen molar-refractivity contribution in [1.29, 1.82) is 0 Å². The fourth-order valence-electron chi connectivity index (χ4n) is 1.95. The lowest BCUT2D eigenvalue weighted by Crippen LogP contribution is -2.31. The van der Waals surface area contributed by atoms with E-state index >= 15 is 0 Å². The molecule has 2 heterocycles. The lowest BCUT2D eigenvalue weighted by molar-refractivity contribution is 0.0781. The van der Waals surface area contributed by atoms with Gasteiger partial charge >= 0.3 is 0 Å². The summed E-state index contributed by atoms with van der Waals surface area (Å²) in [5, 5.41) is 0. The van der Waals surface area contributed by atoms with Crippen LogP contribution in [-0.4, -0.2) is 27.8 Å². The molecule has 1 N–H and O–H groups in total. The highest BCUT2D eigenvalue weighted by molar-refractivity contribution is 5.93. The number of amides is 1. The first-order chi connectivity index (χ1) is 9.47. The number of H-pyrrole nitrogens is 1. The lowest BCUT2D eigenvalue weighted by atomic mass is 10.2. The third-order valence-electron chi connectivity index (χ3n) is 2.98. The summed E-state index contributed by atoms with van der Waals surface area (Å²) in [5.41, 5.74) is 2.30. The summed E-state index contributed by atoms with van der Waals surface area (Å²) in [4.78, 5) is 32.8. The van der Waals surface area contributed by atoms with Crippen LogP contribution in [0.2, 0.25) is 0 Å². The van der Waals surface area contributed by atoms with E-state index in [1.165, 1.54) is 17.2 Å². The minimum absolute atomic E-state index is 0.144. The number of nitrogens with zero attached hydrogens (tertiary/aromatic N) is 2. The van der Waals surface area contributed by atoms with Crippen LogP contribution in [0, 0.1) is 13.8 Å². The first-order valence-electron chi connectivity index (χ1n) is 6.34. The second-order valence-electron chi connectivity index (χ2n) is 4.83. The van der Waals surface area contributed by atoms with Gasteiger partial charge in [0.15, 0.2) is 5.43 Å². The lowest BCUT2D eigenvalue weighted by Gasteiger charge is -2.16. The predicted octanol–water partition coefficient (Wildman–Crippen LogP) is 1.66. The Morgan fingerprint density at radius 1 is 1.35 bits per heavy atom. The van der Waals surface area contributed by atoms with Gasteiger partial charge in [0.2, 0.25) is 0 Å². The van der Waals surface area contributed by atoms with Crippen molar-refractivity contribution in [3.63, 3.8) is 0 Å². The monoisotopic (exact) mass is 271 g/mol. The Balaban J connectivity index is 2.18. The van der Waals surface area contributed by atoms with Gasteiger partial charge in [0, 0.05) is 30.7 Å². The molecule has 0 aromatic carbocycles. The van der Waals surface area contributed by atoms with Gasteiger partial charge in [0.05, 0.1) is 12.2 Å². The molecule has 0 saturated heterocycles. The van der Waals surface area contributed by atoms with Crippen LogP contribution in [0.5, 0.6) is 0 Å². The van der Waals surface area contributed by atoms with Gasteiger partial charge in [-0.1, -0.05) is 6.07 Å². The highest BCUT2D eigenvalue weighted by atomic mass is 16.2. The molecule has 1 amide bonds. The van der Waals surface area contributed by atoms with Gasteiger partial charge in [-0.2, -0.15) is 0 Å². The van der Waals surface area contributed by atoms with Crippen molar-refractivity contribution in [2.45, 2.75) is 20.4 Å². The molecule has 5 nitrogen and oxygen atoms in total. The highest BCUT2D eigenvalue weighted by Gasteiger charge is 2.15. The number of aromatic amines is 1. The van der Waals surface area contributed by atoms with Gasteiger partial charge < -0.3 is 9.88 Å². The first kappa shape index (κ1) is 14.0. The van der Waals surface area contributed by atoms with Crippen LogP contribution in [0.4, 0.5) is 0 Å². The van der Waals surface area contributed by atoms with Gasteiger partial charge in [-0.3, -0.25) is 14.6 Å². The minimum atomic E-state index is -0.311. The zero-order valence-electron chi connectivity index (χ0n) is 11.8. The van der Waals surface area contributed by atoms with E-state index in [2.05, 4.69) is 9.97 Å². The summed E-state index contributed by atoms with van der Waals surface area (Å²) in [7, 11) is 1.66. The van der Waals surface area contributed by atoms with Crippen molar-refractivity contribution in [2.75, 3.05) is 7.05 Å². The summed E-state index contributed by atoms with van der Waals surface area (Å²) in [6.45, 7) is 4.04. The molecular formula is C15H17N3O2. The smallest absolute Gasteiger partial charge is 0.259 e. The van der Waals surface area contributed by atoms with Crippen molar-refractivity contribution in [2.24, 2.45) is 0 Å². The van der Waals surface area contributed by atoms with E-state index in [0.29, 0.717) is 6.54 Å². The molecule has 0 unspecified atom stereocenters. The van der Waals surface area contributed by atoms with E-state index in [9.17, 15) is 9.59 Å². The predicted molar refractivity (Wildman–Crippen MR) is 76.6 cm³/mol. The maximum absolute atomic E-state index is 12.2. The fourth-order valence-corrected chi connectivity index (χ4v) is 1.95. The van der Waals surface area contributed by atoms with Gasteiger partial charge in [-0.15, -0.1) is 0 Å². The van der Waals surface area contributed by atoms with Crippen LogP contribution in [0.1, 0.15) is 27.4 Å². The second-order valence-corrected chi connectivity index (χ2v) is 4.83. The van der Waals surface area contributed by atoms with E-state index in [4.69, 9.17) is 0 Å². The number of aromatic nitrogens is 2. The molecule has 0 aliphatic rings. The van der Waals surface area contributed by atoms with Crippen molar-refractivity contribution in [3.05, 3.63) is 63.3 Å². The minimum Gasteiger partial charge on any atom is -0.364 e. The van der Waals surface area contributed by atoms with Gasteiger partial charge in [0.1, 0.15) is 5.56 Å². The number of carbonyl (C=O) groups is 1. The molecule has 0 saturated carbocycles. The van der Waals surface area contributed by atoms with Crippen LogP contribution in [0.15, 0.2) is 35.3 Å². The third-order valence-corrected chi connectivity index (χ3v) is 2.98. The molecule has 0 fully saturated rings. The highest BCUT2D eigenvalue weighted by Crippen LogP contribution is 2.05. The van der Waals surface area contributed by atoms with Gasteiger partial charge in [-0.05, 0) is 26.0 Å². The van der Waals surface area contributed by atoms with Crippen LogP contribution < -0.4 is 5.43 Å². The van der Waals surface area contributed by atoms with Gasteiger partial charge in [-0.25, -0.2) is 0 Å². The summed E-state index contributed by atoms with van der Waals surface area (Å²) in [5.74, 6) is -0.311. The topological polar surface area (TPSA) is 66.1 Å². The summed E-state index contributed by atoms with van der Waals surface area (Å²) >= 11 is 0. The molecule has 0 spiro atoms. The van der Waals surface area contributed by atoms with E-state index in [1.807, 2.05) is 25.1 Å². The molecule has 104 valence electrons. The zero-order chi connectivity index (χ0) is 14.7. The number of pyridine rings is 2. The SMILES string of the molecule is Cc1cccc(CN(C)C(=O)c2c[nH]c(C)cc2=O)n1. The number of hydrogen-bond donors (Lipinski definition) is 1. The molecule has 0 atom stereocenters. The molecular weight excluding hydrogens is 254 g/mol. The molecule has 0 bridgehead atoms. The van der Waals surface area contributed by atoms with E-state index in [1.54, 1.807) is 14.0 Å². The van der Waals surface area contributed by atoms with Crippen LogP contribution >= 0.6 is 0 Å². The molecule has 0 aliphatic heterocycles. The summed E-state index contributed by atoms with van der Waals surface area (Å²) in [6.07, 6.45) is 1.46. The van der Waals surface area contributed by atoms with Crippen molar-refractivity contribution < 1.29 is 4.79 Å². The van der Waals surface area contributed by atoms with Gasteiger partial charge in [0.25, 0.3) is 5.91 Å². The number of carbonyl (C=O) groups excluding carboxylic acids is 1. The van der Waals surface area contributed by atoms with E-state index in [-0.39, 0.29) is 16.9 Å². The van der Waals surface area contributed by atoms with Crippen molar-refractivity contribution in [3.8, 4) is 0 Å². The number of nitrogens with one attached hydrogen (secondary N) is 1. The van der Waals surface area contributed by atoms with Crippen LogP contribution in [0.3, 0.4) is 0 Å². The quantitative estimate of drug-likeness (QED) is 0.923. The molecule has 5 heteroatoms. The Kier molecular flexibility index (Phi) is 3.98.